The third kappa shape index (κ3) is 4.20. The van der Waals surface area contributed by atoms with Gasteiger partial charge < -0.3 is 14.1 Å². The molecule has 1 aromatic heterocycles. The molecule has 1 aliphatic heterocycles. The fourth-order valence-electron chi connectivity index (χ4n) is 2.88. The summed E-state index contributed by atoms with van der Waals surface area (Å²) in [5.74, 6) is -0.244. The van der Waals surface area contributed by atoms with E-state index < -0.39 is 23.5 Å². The number of hydrogen-bond acceptors (Lipinski definition) is 6. The van der Waals surface area contributed by atoms with Crippen LogP contribution >= 0.6 is 23.4 Å². The van der Waals surface area contributed by atoms with Crippen molar-refractivity contribution in [3.63, 3.8) is 0 Å². The van der Waals surface area contributed by atoms with E-state index in [1.807, 2.05) is 0 Å². The summed E-state index contributed by atoms with van der Waals surface area (Å²) in [6.45, 7) is 2.91. The van der Waals surface area contributed by atoms with Crippen molar-refractivity contribution in [3.8, 4) is 0 Å². The molecule has 1 saturated heterocycles. The Hall–Kier alpha value is -2.25. The molecule has 2 heterocycles. The molecule has 0 N–H and O–H groups in total. The zero-order chi connectivity index (χ0) is 19.6. The van der Waals surface area contributed by atoms with Crippen molar-refractivity contribution in [3.05, 3.63) is 59.0 Å². The van der Waals surface area contributed by atoms with Gasteiger partial charge in [-0.25, -0.2) is 4.79 Å². The third-order valence-electron chi connectivity index (χ3n) is 4.21. The lowest BCUT2D eigenvalue weighted by Crippen LogP contribution is -2.44. The maximum Gasteiger partial charge on any atom is 0.330 e. The molecule has 0 unspecified atom stereocenters. The molecule has 27 heavy (non-hydrogen) atoms. The number of furan rings is 1. The van der Waals surface area contributed by atoms with E-state index in [1.54, 1.807) is 36.4 Å². The van der Waals surface area contributed by atoms with Gasteiger partial charge in [-0.15, -0.1) is 11.8 Å². The van der Waals surface area contributed by atoms with Crippen molar-refractivity contribution in [1.29, 1.82) is 0 Å². The summed E-state index contributed by atoms with van der Waals surface area (Å²) in [7, 11) is 0. The van der Waals surface area contributed by atoms with E-state index >= 15 is 0 Å². The van der Waals surface area contributed by atoms with Crippen LogP contribution in [-0.4, -0.2) is 40.5 Å². The zero-order valence-corrected chi connectivity index (χ0v) is 16.3. The molecule has 8 heteroatoms. The van der Waals surface area contributed by atoms with E-state index in [9.17, 15) is 14.4 Å². The van der Waals surface area contributed by atoms with Crippen LogP contribution < -0.4 is 0 Å². The number of benzene rings is 1. The molecule has 3 rings (SSSR count). The van der Waals surface area contributed by atoms with Gasteiger partial charge in [0.25, 0.3) is 0 Å². The molecule has 0 bridgehead atoms. The lowest BCUT2D eigenvalue weighted by Gasteiger charge is -2.26. The van der Waals surface area contributed by atoms with Gasteiger partial charge in [-0.1, -0.05) is 11.6 Å². The van der Waals surface area contributed by atoms with Crippen molar-refractivity contribution < 1.29 is 23.5 Å². The average Bonchev–Trinajstić information content (AvgIpc) is 3.30. The highest BCUT2D eigenvalue weighted by atomic mass is 35.5. The molecule has 6 nitrogen and oxygen atoms in total. The SMILES string of the molecule is CC(=O)N1[C@@H](c2ccco2)SC[C@H]1C(=O)O[C@@H](C)C(=O)c1ccc(Cl)cc1. The first-order valence-corrected chi connectivity index (χ1v) is 9.75. The highest BCUT2D eigenvalue weighted by molar-refractivity contribution is 7.99. The number of nitrogens with zero attached hydrogens (tertiary/aromatic N) is 1. The zero-order valence-electron chi connectivity index (χ0n) is 14.8. The molecule has 1 fully saturated rings. The molecular formula is C19H18ClNO5S. The molecular weight excluding hydrogens is 390 g/mol. The first-order chi connectivity index (χ1) is 12.9. The normalized spacial score (nSPS) is 20.3. The molecule has 0 spiro atoms. The summed E-state index contributed by atoms with van der Waals surface area (Å²) in [4.78, 5) is 38.7. The Morgan fingerprint density at radius 2 is 1.96 bits per heavy atom. The molecule has 1 amide bonds. The fourth-order valence-corrected chi connectivity index (χ4v) is 4.42. The summed E-state index contributed by atoms with van der Waals surface area (Å²) in [5.41, 5.74) is 0.400. The van der Waals surface area contributed by atoms with Crippen LogP contribution in [0.1, 0.15) is 35.3 Å². The topological polar surface area (TPSA) is 76.8 Å². The lowest BCUT2D eigenvalue weighted by atomic mass is 10.1. The smallest absolute Gasteiger partial charge is 0.330 e. The van der Waals surface area contributed by atoms with E-state index in [0.717, 1.165) is 0 Å². The molecule has 0 saturated carbocycles. The number of thioether (sulfide) groups is 1. The number of ketones is 1. The van der Waals surface area contributed by atoms with Crippen LogP contribution in [0, 0.1) is 0 Å². The Kier molecular flexibility index (Phi) is 5.92. The second-order valence-electron chi connectivity index (χ2n) is 6.09. The number of esters is 1. The Morgan fingerprint density at radius 1 is 1.26 bits per heavy atom. The first-order valence-electron chi connectivity index (χ1n) is 8.32. The van der Waals surface area contributed by atoms with Crippen molar-refractivity contribution in [1.82, 2.24) is 4.90 Å². The van der Waals surface area contributed by atoms with Gasteiger partial charge in [0.15, 0.2) is 6.10 Å². The number of amides is 1. The van der Waals surface area contributed by atoms with Crippen LogP contribution in [-0.2, 0) is 14.3 Å². The minimum absolute atomic E-state index is 0.264. The highest BCUT2D eigenvalue weighted by Crippen LogP contribution is 2.41. The minimum atomic E-state index is -0.972. The van der Waals surface area contributed by atoms with Crippen LogP contribution in [0.2, 0.25) is 5.02 Å². The van der Waals surface area contributed by atoms with Gasteiger partial charge in [-0.3, -0.25) is 9.59 Å². The number of hydrogen-bond donors (Lipinski definition) is 0. The summed E-state index contributed by atoms with van der Waals surface area (Å²) in [5, 5.41) is 0.123. The molecule has 2 aromatic rings. The highest BCUT2D eigenvalue weighted by Gasteiger charge is 2.43. The number of ether oxygens (including phenoxy) is 1. The maximum absolute atomic E-state index is 12.6. The molecule has 3 atom stereocenters. The summed E-state index contributed by atoms with van der Waals surface area (Å²) in [6, 6.07) is 9.07. The van der Waals surface area contributed by atoms with Crippen LogP contribution in [0.5, 0.6) is 0 Å². The average molecular weight is 408 g/mol. The number of carbonyl (C=O) groups excluding carboxylic acids is 3. The standard InChI is InChI=1S/C19H18ClNO5S/c1-11(17(23)13-5-7-14(20)8-6-13)26-19(24)15-10-27-18(21(15)12(2)22)16-4-3-9-25-16/h3-9,11,15,18H,10H2,1-2H3/t11-,15-,18+/m0/s1. The Balaban J connectivity index is 1.70. The fraction of sp³-hybridized carbons (Fsp3) is 0.316. The van der Waals surface area contributed by atoms with E-state index in [4.69, 9.17) is 20.8 Å². The quantitative estimate of drug-likeness (QED) is 0.555. The van der Waals surface area contributed by atoms with Gasteiger partial charge in [0.05, 0.1) is 6.26 Å². The van der Waals surface area contributed by atoms with Crippen LogP contribution in [0.4, 0.5) is 0 Å². The van der Waals surface area contributed by atoms with Gasteiger partial charge in [-0.2, -0.15) is 0 Å². The summed E-state index contributed by atoms with van der Waals surface area (Å²) >= 11 is 7.24. The van der Waals surface area contributed by atoms with E-state index in [1.165, 1.54) is 36.8 Å². The summed E-state index contributed by atoms with van der Waals surface area (Å²) in [6.07, 6.45) is 0.548. The van der Waals surface area contributed by atoms with Crippen LogP contribution in [0.3, 0.4) is 0 Å². The van der Waals surface area contributed by atoms with Gasteiger partial charge >= 0.3 is 5.97 Å². The monoisotopic (exact) mass is 407 g/mol. The molecule has 1 aromatic carbocycles. The Bertz CT molecular complexity index is 836. The van der Waals surface area contributed by atoms with Crippen molar-refractivity contribution in [2.24, 2.45) is 0 Å². The predicted molar refractivity (Wildman–Crippen MR) is 102 cm³/mol. The first kappa shape index (κ1) is 19.5. The van der Waals surface area contributed by atoms with Crippen LogP contribution in [0.15, 0.2) is 47.1 Å². The number of Topliss-reactive ketones (excluding diaryl/α,β-unsaturated/α-hetero) is 1. The van der Waals surface area contributed by atoms with Crippen molar-refractivity contribution in [2.45, 2.75) is 31.4 Å². The Morgan fingerprint density at radius 3 is 2.56 bits per heavy atom. The van der Waals surface area contributed by atoms with E-state index in [0.29, 0.717) is 22.1 Å². The van der Waals surface area contributed by atoms with Crippen molar-refractivity contribution in [2.75, 3.05) is 5.75 Å². The number of rotatable bonds is 5. The molecule has 142 valence electrons. The molecule has 1 aliphatic rings. The lowest BCUT2D eigenvalue weighted by molar-refractivity contribution is -0.155. The minimum Gasteiger partial charge on any atom is -0.466 e. The largest absolute Gasteiger partial charge is 0.466 e. The predicted octanol–water partition coefficient (Wildman–Crippen LogP) is 3.71. The van der Waals surface area contributed by atoms with Gasteiger partial charge in [-0.05, 0) is 43.3 Å². The maximum atomic E-state index is 12.6. The third-order valence-corrected chi connectivity index (χ3v) is 5.75. The number of halogens is 1. The second kappa shape index (κ2) is 8.19. The van der Waals surface area contributed by atoms with Crippen LogP contribution in [0.25, 0.3) is 0 Å². The van der Waals surface area contributed by atoms with Crippen molar-refractivity contribution >= 4 is 41.0 Å². The second-order valence-corrected chi connectivity index (χ2v) is 7.64. The Labute approximate surface area is 165 Å². The van der Waals surface area contributed by atoms with Gasteiger partial charge in [0, 0.05) is 23.3 Å². The van der Waals surface area contributed by atoms with Gasteiger partial charge in [0.2, 0.25) is 11.7 Å². The summed E-state index contributed by atoms with van der Waals surface area (Å²) < 4.78 is 10.7. The van der Waals surface area contributed by atoms with Gasteiger partial charge in [0.1, 0.15) is 17.2 Å². The molecule has 0 radical (unpaired) electrons. The molecule has 0 aliphatic carbocycles. The van der Waals surface area contributed by atoms with E-state index in [-0.39, 0.29) is 11.7 Å². The van der Waals surface area contributed by atoms with E-state index in [2.05, 4.69) is 0 Å². The number of carbonyl (C=O) groups is 3.